The molecule has 4 heteroatoms. The molecule has 1 aromatic rings. The smallest absolute Gasteiger partial charge is 0.253 e. The molecule has 20 heavy (non-hydrogen) atoms. The number of rotatable bonds is 4. The third kappa shape index (κ3) is 3.51. The highest BCUT2D eigenvalue weighted by molar-refractivity contribution is 5.95. The van der Waals surface area contributed by atoms with Gasteiger partial charge in [-0.1, -0.05) is 13.0 Å². The molecule has 0 unspecified atom stereocenters. The summed E-state index contributed by atoms with van der Waals surface area (Å²) in [6.07, 6.45) is 2.10. The number of nitrogens with one attached hydrogen (secondary N) is 1. The van der Waals surface area contributed by atoms with Gasteiger partial charge in [-0.25, -0.2) is 0 Å². The molecule has 1 aromatic carbocycles. The Bertz CT molecular complexity index is 451. The Morgan fingerprint density at radius 1 is 1.35 bits per heavy atom. The number of hydrogen-bond acceptors (Lipinski definition) is 3. The van der Waals surface area contributed by atoms with E-state index in [-0.39, 0.29) is 5.91 Å². The molecule has 0 aromatic heterocycles. The minimum absolute atomic E-state index is 0.156. The van der Waals surface area contributed by atoms with Gasteiger partial charge in [0.2, 0.25) is 0 Å². The van der Waals surface area contributed by atoms with Crippen LogP contribution in [0.5, 0.6) is 0 Å². The van der Waals surface area contributed by atoms with Gasteiger partial charge in [0.15, 0.2) is 0 Å². The molecule has 0 radical (unpaired) electrons. The van der Waals surface area contributed by atoms with Crippen molar-refractivity contribution in [1.82, 2.24) is 10.2 Å². The molecule has 1 aliphatic heterocycles. The molecule has 1 heterocycles. The number of anilines is 1. The van der Waals surface area contributed by atoms with Gasteiger partial charge >= 0.3 is 0 Å². The average Bonchev–Trinajstić information content (AvgIpc) is 2.48. The summed E-state index contributed by atoms with van der Waals surface area (Å²) in [6, 6.07) is 8.42. The Hall–Kier alpha value is -1.55. The van der Waals surface area contributed by atoms with Crippen molar-refractivity contribution in [3.05, 3.63) is 29.8 Å². The van der Waals surface area contributed by atoms with E-state index in [9.17, 15) is 4.79 Å². The van der Waals surface area contributed by atoms with Gasteiger partial charge in [0.1, 0.15) is 0 Å². The Kier molecular flexibility index (Phi) is 5.01. The zero-order valence-electron chi connectivity index (χ0n) is 12.7. The first-order valence-corrected chi connectivity index (χ1v) is 7.42. The maximum Gasteiger partial charge on any atom is 0.253 e. The van der Waals surface area contributed by atoms with Crippen LogP contribution in [0.3, 0.4) is 0 Å². The number of amides is 1. The summed E-state index contributed by atoms with van der Waals surface area (Å²) in [5.41, 5.74) is 1.86. The van der Waals surface area contributed by atoms with E-state index in [1.165, 1.54) is 0 Å². The van der Waals surface area contributed by atoms with Gasteiger partial charge in [-0.3, -0.25) is 4.79 Å². The third-order valence-corrected chi connectivity index (χ3v) is 3.88. The Morgan fingerprint density at radius 3 is 2.65 bits per heavy atom. The molecule has 1 aliphatic rings. The second-order valence-corrected chi connectivity index (χ2v) is 5.57. The molecule has 0 spiro atoms. The zero-order valence-corrected chi connectivity index (χ0v) is 12.7. The van der Waals surface area contributed by atoms with Crippen molar-refractivity contribution in [3.63, 3.8) is 0 Å². The van der Waals surface area contributed by atoms with Crippen molar-refractivity contribution in [1.29, 1.82) is 0 Å². The molecule has 110 valence electrons. The van der Waals surface area contributed by atoms with E-state index >= 15 is 0 Å². The Labute approximate surface area is 121 Å². The molecule has 0 saturated carbocycles. The lowest BCUT2D eigenvalue weighted by Gasteiger charge is -2.32. The molecule has 1 N–H and O–H groups in total. The van der Waals surface area contributed by atoms with E-state index < -0.39 is 0 Å². The quantitative estimate of drug-likeness (QED) is 0.912. The van der Waals surface area contributed by atoms with Crippen LogP contribution >= 0.6 is 0 Å². The highest BCUT2D eigenvalue weighted by Gasteiger charge is 2.23. The predicted molar refractivity (Wildman–Crippen MR) is 83.4 cm³/mol. The van der Waals surface area contributed by atoms with E-state index in [0.717, 1.165) is 43.7 Å². The van der Waals surface area contributed by atoms with Gasteiger partial charge in [-0.05, 0) is 37.6 Å². The number of piperidine rings is 1. The molecule has 0 aliphatic carbocycles. The van der Waals surface area contributed by atoms with Crippen molar-refractivity contribution >= 4 is 11.6 Å². The van der Waals surface area contributed by atoms with Crippen molar-refractivity contribution < 1.29 is 4.79 Å². The van der Waals surface area contributed by atoms with Crippen LogP contribution in [0, 0.1) is 0 Å². The summed E-state index contributed by atoms with van der Waals surface area (Å²) in [4.78, 5) is 16.5. The monoisotopic (exact) mass is 275 g/mol. The first-order chi connectivity index (χ1) is 9.61. The van der Waals surface area contributed by atoms with E-state index in [0.29, 0.717) is 6.04 Å². The Morgan fingerprint density at radius 2 is 2.05 bits per heavy atom. The molecule has 1 fully saturated rings. The van der Waals surface area contributed by atoms with Crippen LogP contribution in [0.4, 0.5) is 5.69 Å². The summed E-state index contributed by atoms with van der Waals surface area (Å²) in [5, 5.41) is 3.46. The maximum atomic E-state index is 12.5. The van der Waals surface area contributed by atoms with Gasteiger partial charge in [0.25, 0.3) is 5.91 Å². The molecule has 1 saturated heterocycles. The second-order valence-electron chi connectivity index (χ2n) is 5.57. The lowest BCUT2D eigenvalue weighted by Crippen LogP contribution is -2.44. The molecule has 0 bridgehead atoms. The van der Waals surface area contributed by atoms with Crippen LogP contribution in [-0.4, -0.2) is 50.6 Å². The van der Waals surface area contributed by atoms with Crippen molar-refractivity contribution in [2.24, 2.45) is 0 Å². The van der Waals surface area contributed by atoms with Gasteiger partial charge in [0, 0.05) is 44.5 Å². The third-order valence-electron chi connectivity index (χ3n) is 3.88. The van der Waals surface area contributed by atoms with Gasteiger partial charge in [-0.2, -0.15) is 0 Å². The number of likely N-dealkylation sites (tertiary alicyclic amines) is 1. The van der Waals surface area contributed by atoms with E-state index in [4.69, 9.17) is 0 Å². The van der Waals surface area contributed by atoms with E-state index in [2.05, 4.69) is 12.2 Å². The molecular formula is C16H25N3O. The lowest BCUT2D eigenvalue weighted by atomic mass is 10.0. The predicted octanol–water partition coefficient (Wildman–Crippen LogP) is 1.97. The number of benzene rings is 1. The summed E-state index contributed by atoms with van der Waals surface area (Å²) in [7, 11) is 3.98. The fourth-order valence-electron chi connectivity index (χ4n) is 2.68. The highest BCUT2D eigenvalue weighted by Crippen LogP contribution is 2.18. The van der Waals surface area contributed by atoms with Crippen molar-refractivity contribution in [2.45, 2.75) is 25.8 Å². The number of hydrogen-bond donors (Lipinski definition) is 1. The maximum absolute atomic E-state index is 12.5. The number of carbonyl (C=O) groups excluding carboxylic acids is 1. The molecule has 4 nitrogen and oxygen atoms in total. The largest absolute Gasteiger partial charge is 0.378 e. The van der Waals surface area contributed by atoms with Crippen LogP contribution in [-0.2, 0) is 0 Å². The second kappa shape index (κ2) is 6.75. The minimum atomic E-state index is 0.156. The summed E-state index contributed by atoms with van der Waals surface area (Å²) < 4.78 is 0. The topological polar surface area (TPSA) is 35.6 Å². The van der Waals surface area contributed by atoms with Crippen molar-refractivity contribution in [2.75, 3.05) is 38.6 Å². The fraction of sp³-hybridized carbons (Fsp3) is 0.562. The zero-order chi connectivity index (χ0) is 14.5. The number of carbonyl (C=O) groups is 1. The van der Waals surface area contributed by atoms with Crippen molar-refractivity contribution in [3.8, 4) is 0 Å². The SMILES string of the molecule is CCNC1CCN(C(=O)c2cccc(N(C)C)c2)CC1. The van der Waals surface area contributed by atoms with E-state index in [1.807, 2.05) is 48.2 Å². The first kappa shape index (κ1) is 14.9. The molecule has 0 atom stereocenters. The summed E-state index contributed by atoms with van der Waals surface area (Å²) in [5.74, 6) is 0.156. The first-order valence-electron chi connectivity index (χ1n) is 7.42. The molecule has 2 rings (SSSR count). The van der Waals surface area contributed by atoms with Crippen LogP contribution in [0.15, 0.2) is 24.3 Å². The van der Waals surface area contributed by atoms with E-state index in [1.54, 1.807) is 0 Å². The van der Waals surface area contributed by atoms with Crippen LogP contribution in [0.2, 0.25) is 0 Å². The standard InChI is InChI=1S/C16H25N3O/c1-4-17-14-8-10-19(11-9-14)16(20)13-6-5-7-15(12-13)18(2)3/h5-7,12,14,17H,4,8-11H2,1-3H3. The lowest BCUT2D eigenvalue weighted by molar-refractivity contribution is 0.0706. The summed E-state index contributed by atoms with van der Waals surface area (Å²) >= 11 is 0. The fourth-order valence-corrected chi connectivity index (χ4v) is 2.68. The normalized spacial score (nSPS) is 16.2. The minimum Gasteiger partial charge on any atom is -0.378 e. The summed E-state index contributed by atoms with van der Waals surface area (Å²) in [6.45, 7) is 4.83. The van der Waals surface area contributed by atoms with Gasteiger partial charge in [-0.15, -0.1) is 0 Å². The van der Waals surface area contributed by atoms with Crippen LogP contribution in [0.1, 0.15) is 30.1 Å². The molecular weight excluding hydrogens is 250 g/mol. The molecule has 1 amide bonds. The van der Waals surface area contributed by atoms with Crippen LogP contribution < -0.4 is 10.2 Å². The highest BCUT2D eigenvalue weighted by atomic mass is 16.2. The van der Waals surface area contributed by atoms with Gasteiger partial charge in [0.05, 0.1) is 0 Å². The van der Waals surface area contributed by atoms with Gasteiger partial charge < -0.3 is 15.1 Å². The Balaban J connectivity index is 2.00. The number of nitrogens with zero attached hydrogens (tertiary/aromatic N) is 2. The van der Waals surface area contributed by atoms with Crippen LogP contribution in [0.25, 0.3) is 0 Å². The average molecular weight is 275 g/mol.